The number of aromatic nitrogens is 1. The molecule has 2 rings (SSSR count). The number of phenolic OH excluding ortho intramolecular Hbond substituents is 1. The van der Waals surface area contributed by atoms with Crippen molar-refractivity contribution in [3.8, 4) is 5.75 Å². The van der Waals surface area contributed by atoms with Crippen LogP contribution in [0.1, 0.15) is 0 Å². The van der Waals surface area contributed by atoms with Crippen molar-refractivity contribution in [3.05, 3.63) is 29.8 Å². The van der Waals surface area contributed by atoms with Crippen LogP contribution in [0.4, 0.5) is 10.8 Å². The van der Waals surface area contributed by atoms with Gasteiger partial charge in [0.1, 0.15) is 10.6 Å². The number of sulfonamides is 1. The third kappa shape index (κ3) is 2.48. The molecular weight excluding hydrogens is 262 g/mol. The van der Waals surface area contributed by atoms with Crippen LogP contribution in [0.5, 0.6) is 5.75 Å². The Bertz CT molecular complexity index is 623. The fourth-order valence-electron chi connectivity index (χ4n) is 1.19. The highest BCUT2D eigenvalue weighted by Gasteiger charge is 2.19. The lowest BCUT2D eigenvalue weighted by Gasteiger charge is -2.07. The lowest BCUT2D eigenvalue weighted by molar-refractivity contribution is 0.459. The van der Waals surface area contributed by atoms with Crippen molar-refractivity contribution >= 4 is 32.2 Å². The van der Waals surface area contributed by atoms with Crippen LogP contribution in [0.3, 0.4) is 0 Å². The Morgan fingerprint density at radius 2 is 2.18 bits per heavy atom. The molecule has 6 nitrogen and oxygen atoms in total. The molecule has 0 saturated heterocycles. The van der Waals surface area contributed by atoms with Crippen molar-refractivity contribution < 1.29 is 13.5 Å². The first kappa shape index (κ1) is 11.7. The number of thiazole rings is 1. The second-order valence-electron chi connectivity index (χ2n) is 3.17. The molecule has 0 unspecified atom stereocenters. The van der Waals surface area contributed by atoms with E-state index in [9.17, 15) is 13.5 Å². The molecule has 0 fully saturated rings. The highest BCUT2D eigenvalue weighted by atomic mass is 32.2. The predicted octanol–water partition coefficient (Wildman–Crippen LogP) is 1.23. The molecular formula is C9H9N3O3S2. The van der Waals surface area contributed by atoms with Gasteiger partial charge in [-0.15, -0.1) is 11.3 Å². The quantitative estimate of drug-likeness (QED) is 0.575. The predicted molar refractivity (Wildman–Crippen MR) is 65.4 cm³/mol. The molecule has 1 aromatic heterocycles. The molecule has 0 aliphatic carbocycles. The third-order valence-corrected chi connectivity index (χ3v) is 4.11. The molecule has 1 heterocycles. The van der Waals surface area contributed by atoms with Gasteiger partial charge in [-0.3, -0.25) is 4.72 Å². The number of hydrogen-bond donors (Lipinski definition) is 3. The summed E-state index contributed by atoms with van der Waals surface area (Å²) in [5, 5.41) is 11.4. The van der Waals surface area contributed by atoms with Crippen molar-refractivity contribution in [1.82, 2.24) is 4.98 Å². The number of nitrogens with one attached hydrogen (secondary N) is 1. The average molecular weight is 271 g/mol. The van der Waals surface area contributed by atoms with E-state index in [2.05, 4.69) is 9.71 Å². The number of nitrogens with two attached hydrogens (primary N) is 1. The summed E-state index contributed by atoms with van der Waals surface area (Å²) in [6, 6.07) is 3.83. The number of phenols is 1. The fraction of sp³-hybridized carbons (Fsp3) is 0. The Morgan fingerprint density at radius 3 is 2.82 bits per heavy atom. The first-order chi connectivity index (χ1) is 7.99. The molecule has 0 atom stereocenters. The molecule has 0 bridgehead atoms. The summed E-state index contributed by atoms with van der Waals surface area (Å²) in [5.74, 6) is -0.358. The Kier molecular flexibility index (Phi) is 2.90. The molecule has 0 aliphatic rings. The van der Waals surface area contributed by atoms with E-state index in [0.717, 1.165) is 11.3 Å². The van der Waals surface area contributed by atoms with Crippen molar-refractivity contribution in [2.75, 3.05) is 10.5 Å². The smallest absolute Gasteiger partial charge is 0.267 e. The van der Waals surface area contributed by atoms with Crippen LogP contribution >= 0.6 is 11.3 Å². The normalized spacial score (nSPS) is 11.3. The van der Waals surface area contributed by atoms with Crippen molar-refractivity contribution in [1.29, 1.82) is 0 Å². The monoisotopic (exact) mass is 271 g/mol. The maximum atomic E-state index is 11.9. The number of benzene rings is 1. The number of hydrogen-bond acceptors (Lipinski definition) is 6. The standard InChI is InChI=1S/C9H9N3O3S2/c10-6-1-2-7(13)8(5-6)17(14,15)12-9-11-3-4-16-9/h1-5,13H,10H2,(H,11,12). The van der Waals surface area contributed by atoms with Gasteiger partial charge in [0.15, 0.2) is 5.13 Å². The van der Waals surface area contributed by atoms with E-state index >= 15 is 0 Å². The molecule has 8 heteroatoms. The summed E-state index contributed by atoms with van der Waals surface area (Å²) < 4.78 is 26.1. The number of rotatable bonds is 3. The zero-order valence-electron chi connectivity index (χ0n) is 8.49. The molecule has 17 heavy (non-hydrogen) atoms. The van der Waals surface area contributed by atoms with E-state index in [0.29, 0.717) is 0 Å². The van der Waals surface area contributed by atoms with Crippen LogP contribution in [-0.2, 0) is 10.0 Å². The van der Waals surface area contributed by atoms with E-state index in [1.165, 1.54) is 24.4 Å². The number of nitrogens with zero attached hydrogens (tertiary/aromatic N) is 1. The second-order valence-corrected chi connectivity index (χ2v) is 5.72. The number of aromatic hydroxyl groups is 1. The number of anilines is 2. The van der Waals surface area contributed by atoms with Gasteiger partial charge in [-0.1, -0.05) is 0 Å². The van der Waals surface area contributed by atoms with Gasteiger partial charge in [0.25, 0.3) is 10.0 Å². The molecule has 1 aromatic carbocycles. The Labute approximate surface area is 102 Å². The summed E-state index contributed by atoms with van der Waals surface area (Å²) >= 11 is 1.14. The van der Waals surface area contributed by atoms with Crippen LogP contribution < -0.4 is 10.5 Å². The lowest BCUT2D eigenvalue weighted by atomic mass is 10.3. The maximum Gasteiger partial charge on any atom is 0.267 e. The van der Waals surface area contributed by atoms with Crippen molar-refractivity contribution in [3.63, 3.8) is 0 Å². The zero-order chi connectivity index (χ0) is 12.5. The summed E-state index contributed by atoms with van der Waals surface area (Å²) in [5.41, 5.74) is 5.73. The van der Waals surface area contributed by atoms with Gasteiger partial charge in [0.05, 0.1) is 0 Å². The van der Waals surface area contributed by atoms with Gasteiger partial charge < -0.3 is 10.8 Å². The molecule has 0 amide bonds. The van der Waals surface area contributed by atoms with Crippen molar-refractivity contribution in [2.24, 2.45) is 0 Å². The first-order valence-corrected chi connectivity index (χ1v) is 6.86. The highest BCUT2D eigenvalue weighted by molar-refractivity contribution is 7.93. The minimum atomic E-state index is -3.87. The Balaban J connectivity index is 2.41. The van der Waals surface area contributed by atoms with Gasteiger partial charge >= 0.3 is 0 Å². The van der Waals surface area contributed by atoms with Crippen molar-refractivity contribution in [2.45, 2.75) is 4.90 Å². The number of nitrogen functional groups attached to an aromatic ring is 1. The average Bonchev–Trinajstić information content (AvgIpc) is 2.73. The third-order valence-electron chi connectivity index (χ3n) is 1.93. The van der Waals surface area contributed by atoms with E-state index < -0.39 is 10.0 Å². The van der Waals surface area contributed by atoms with Gasteiger partial charge in [-0.25, -0.2) is 13.4 Å². The Morgan fingerprint density at radius 1 is 1.41 bits per heavy atom. The second kappa shape index (κ2) is 4.22. The molecule has 2 aromatic rings. The Hall–Kier alpha value is -1.80. The topological polar surface area (TPSA) is 105 Å². The van der Waals surface area contributed by atoms with E-state index in [1.807, 2.05) is 0 Å². The molecule has 4 N–H and O–H groups in total. The summed E-state index contributed by atoms with van der Waals surface area (Å²) in [6.07, 6.45) is 1.47. The largest absolute Gasteiger partial charge is 0.507 e. The molecule has 0 radical (unpaired) electrons. The summed E-state index contributed by atoms with van der Waals surface area (Å²) in [4.78, 5) is 3.52. The van der Waals surface area contributed by atoms with E-state index in [1.54, 1.807) is 5.38 Å². The van der Waals surface area contributed by atoms with Gasteiger partial charge in [-0.2, -0.15) is 0 Å². The lowest BCUT2D eigenvalue weighted by Crippen LogP contribution is -2.13. The summed E-state index contributed by atoms with van der Waals surface area (Å²) in [6.45, 7) is 0. The molecule has 0 aliphatic heterocycles. The first-order valence-electron chi connectivity index (χ1n) is 4.50. The van der Waals surface area contributed by atoms with Crippen LogP contribution in [0.2, 0.25) is 0 Å². The maximum absolute atomic E-state index is 11.9. The van der Waals surface area contributed by atoms with Crippen LogP contribution in [-0.4, -0.2) is 18.5 Å². The molecule has 90 valence electrons. The van der Waals surface area contributed by atoms with Crippen LogP contribution in [0.25, 0.3) is 0 Å². The van der Waals surface area contributed by atoms with Gasteiger partial charge in [-0.05, 0) is 18.2 Å². The zero-order valence-corrected chi connectivity index (χ0v) is 10.1. The molecule has 0 spiro atoms. The fourth-order valence-corrected chi connectivity index (χ4v) is 3.11. The van der Waals surface area contributed by atoms with Gasteiger partial charge in [0.2, 0.25) is 0 Å². The SMILES string of the molecule is Nc1ccc(O)c(S(=O)(=O)Nc2nccs2)c1. The van der Waals surface area contributed by atoms with Crippen LogP contribution in [0, 0.1) is 0 Å². The minimum Gasteiger partial charge on any atom is -0.507 e. The molecule has 0 saturated carbocycles. The van der Waals surface area contributed by atoms with Crippen LogP contribution in [0.15, 0.2) is 34.7 Å². The highest BCUT2D eigenvalue weighted by Crippen LogP contribution is 2.27. The van der Waals surface area contributed by atoms with Gasteiger partial charge in [0, 0.05) is 17.3 Å². The van der Waals surface area contributed by atoms with E-state index in [-0.39, 0.29) is 21.5 Å². The minimum absolute atomic E-state index is 0.229. The van der Waals surface area contributed by atoms with E-state index in [4.69, 9.17) is 5.73 Å². The summed E-state index contributed by atoms with van der Waals surface area (Å²) in [7, 11) is -3.87.